The topological polar surface area (TPSA) is 9.23 Å². The van der Waals surface area contributed by atoms with Crippen LogP contribution in [0.25, 0.3) is 0 Å². The molecule has 0 rings (SSSR count). The summed E-state index contributed by atoms with van der Waals surface area (Å²) in [6, 6.07) is 0. The molecule has 0 aliphatic rings. The van der Waals surface area contributed by atoms with E-state index in [2.05, 4.69) is 4.74 Å². The van der Waals surface area contributed by atoms with E-state index in [9.17, 15) is 35.1 Å². The first kappa shape index (κ1) is 13.4. The van der Waals surface area contributed by atoms with Crippen LogP contribution in [0.15, 0.2) is 0 Å². The minimum Gasteiger partial charge on any atom is -0.253 e. The summed E-state index contributed by atoms with van der Waals surface area (Å²) in [5.74, 6) is 0. The molecule has 0 aromatic carbocycles. The third kappa shape index (κ3) is 5.95. The van der Waals surface area contributed by atoms with Crippen molar-refractivity contribution in [2.45, 2.75) is 24.8 Å². The molecule has 0 saturated carbocycles. The molecule has 0 aliphatic heterocycles. The lowest BCUT2D eigenvalue weighted by molar-refractivity contribution is -0.395. The Morgan fingerprint density at radius 1 is 0.786 bits per heavy atom. The maximum Gasteiger partial charge on any atom is 0.397 e. The highest BCUT2D eigenvalue weighted by Gasteiger charge is 2.51. The minimum atomic E-state index is -5.38. The van der Waals surface area contributed by atoms with E-state index in [4.69, 9.17) is 0 Å². The van der Waals surface area contributed by atoms with E-state index in [1.54, 1.807) is 0 Å². The molecule has 0 fully saturated rings. The van der Waals surface area contributed by atoms with Crippen molar-refractivity contribution in [1.29, 1.82) is 0 Å². The van der Waals surface area contributed by atoms with Crippen LogP contribution in [0.3, 0.4) is 0 Å². The van der Waals surface area contributed by atoms with Gasteiger partial charge in [-0.05, 0) is 0 Å². The summed E-state index contributed by atoms with van der Waals surface area (Å²) in [5, 5.41) is 0. The van der Waals surface area contributed by atoms with Crippen LogP contribution in [0.4, 0.5) is 35.1 Å². The second kappa shape index (κ2) is 3.87. The first-order valence-electron chi connectivity index (χ1n) is 3.06. The zero-order valence-corrected chi connectivity index (χ0v) is 6.35. The molecule has 0 aliphatic carbocycles. The molecule has 0 N–H and O–H groups in total. The lowest BCUT2D eigenvalue weighted by Gasteiger charge is -2.22. The van der Waals surface area contributed by atoms with Gasteiger partial charge in [-0.25, -0.2) is 4.39 Å². The number of hydrogen-bond donors (Lipinski definition) is 0. The highest BCUT2D eigenvalue weighted by Crippen LogP contribution is 2.36. The molecule has 1 nitrogen and oxygen atoms in total. The van der Waals surface area contributed by atoms with E-state index in [1.807, 2.05) is 0 Å². The highest BCUT2D eigenvalue weighted by atomic mass is 19.4. The summed E-state index contributed by atoms with van der Waals surface area (Å²) in [5.41, 5.74) is 0. The van der Waals surface area contributed by atoms with Crippen LogP contribution in [0.1, 0.15) is 6.42 Å². The van der Waals surface area contributed by atoms with Crippen molar-refractivity contribution in [3.63, 3.8) is 0 Å². The molecule has 9 heteroatoms. The molecule has 86 valence electrons. The molecule has 0 bridgehead atoms. The molecule has 0 saturated heterocycles. The normalized spacial score (nSPS) is 14.6. The average Bonchev–Trinajstić information content (AvgIpc) is 1.78. The molecule has 0 amide bonds. The van der Waals surface area contributed by atoms with Gasteiger partial charge in [0, 0.05) is 0 Å². The van der Waals surface area contributed by atoms with Gasteiger partial charge in [0.05, 0.1) is 0 Å². The Morgan fingerprint density at radius 3 is 1.50 bits per heavy atom. The maximum atomic E-state index is 12.0. The van der Waals surface area contributed by atoms with Crippen molar-refractivity contribution in [2.75, 3.05) is 6.67 Å². The fourth-order valence-corrected chi connectivity index (χ4v) is 0.515. The van der Waals surface area contributed by atoms with Crippen molar-refractivity contribution >= 4 is 0 Å². The van der Waals surface area contributed by atoms with Gasteiger partial charge in [0.2, 0.25) is 0 Å². The first-order valence-corrected chi connectivity index (χ1v) is 3.06. The smallest absolute Gasteiger partial charge is 0.253 e. The standard InChI is InChI=1S/C5H4F8O/c6-2-5(12,13)14-4(10,11)1-3(7,8)9/h1-2H2. The van der Waals surface area contributed by atoms with Gasteiger partial charge in [0.15, 0.2) is 6.67 Å². The zero-order chi connectivity index (χ0) is 11.6. The van der Waals surface area contributed by atoms with Crippen molar-refractivity contribution < 1.29 is 39.9 Å². The summed E-state index contributed by atoms with van der Waals surface area (Å²) in [4.78, 5) is 0. The number of hydrogen-bond acceptors (Lipinski definition) is 1. The van der Waals surface area contributed by atoms with Gasteiger partial charge in [0.1, 0.15) is 6.42 Å². The second-order valence-corrected chi connectivity index (χ2v) is 2.30. The summed E-state index contributed by atoms with van der Waals surface area (Å²) in [6.45, 7) is -2.62. The van der Waals surface area contributed by atoms with E-state index in [0.29, 0.717) is 0 Å². The molecule has 0 heterocycles. The van der Waals surface area contributed by atoms with E-state index >= 15 is 0 Å². The minimum absolute atomic E-state index is 2.39. The molecule has 14 heavy (non-hydrogen) atoms. The first-order chi connectivity index (χ1) is 5.97. The SMILES string of the molecule is FCC(F)(F)OC(F)(F)CC(F)(F)F. The van der Waals surface area contributed by atoms with Crippen LogP contribution in [0.5, 0.6) is 0 Å². The number of rotatable bonds is 4. The van der Waals surface area contributed by atoms with E-state index in [-0.39, 0.29) is 0 Å². The molecule has 0 atom stereocenters. The van der Waals surface area contributed by atoms with E-state index in [1.165, 1.54) is 0 Å². The largest absolute Gasteiger partial charge is 0.397 e. The van der Waals surface area contributed by atoms with Gasteiger partial charge < -0.3 is 0 Å². The van der Waals surface area contributed by atoms with Gasteiger partial charge in [-0.2, -0.15) is 30.7 Å². The summed E-state index contributed by atoms with van der Waals surface area (Å²) >= 11 is 0. The lowest BCUT2D eigenvalue weighted by Crippen LogP contribution is -2.37. The van der Waals surface area contributed by atoms with Gasteiger partial charge >= 0.3 is 18.4 Å². The van der Waals surface area contributed by atoms with Gasteiger partial charge in [0.25, 0.3) is 0 Å². The Labute approximate surface area is 72.6 Å². The van der Waals surface area contributed by atoms with Crippen molar-refractivity contribution in [1.82, 2.24) is 0 Å². The van der Waals surface area contributed by atoms with Crippen LogP contribution in [0.2, 0.25) is 0 Å². The molecule has 0 spiro atoms. The molecule has 0 aromatic heterocycles. The van der Waals surface area contributed by atoms with Gasteiger partial charge in [-0.1, -0.05) is 0 Å². The van der Waals surface area contributed by atoms with Gasteiger partial charge in [-0.3, -0.25) is 4.74 Å². The second-order valence-electron chi connectivity index (χ2n) is 2.30. The Hall–Kier alpha value is -0.600. The monoisotopic (exact) mass is 232 g/mol. The zero-order valence-electron chi connectivity index (χ0n) is 6.35. The highest BCUT2D eigenvalue weighted by molar-refractivity contribution is 4.63. The Bertz CT molecular complexity index is 185. The Morgan fingerprint density at radius 2 is 1.21 bits per heavy atom. The van der Waals surface area contributed by atoms with Gasteiger partial charge in [-0.15, -0.1) is 0 Å². The molecular weight excluding hydrogens is 228 g/mol. The van der Waals surface area contributed by atoms with Crippen LogP contribution in [-0.2, 0) is 4.74 Å². The Kier molecular flexibility index (Phi) is 3.71. The number of halogens is 8. The number of ether oxygens (including phenoxy) is 1. The van der Waals surface area contributed by atoms with Crippen LogP contribution < -0.4 is 0 Å². The quantitative estimate of drug-likeness (QED) is 0.676. The fraction of sp³-hybridized carbons (Fsp3) is 1.00. The van der Waals surface area contributed by atoms with Crippen molar-refractivity contribution in [3.8, 4) is 0 Å². The van der Waals surface area contributed by atoms with Crippen LogP contribution in [0, 0.1) is 0 Å². The van der Waals surface area contributed by atoms with Crippen molar-refractivity contribution in [2.24, 2.45) is 0 Å². The van der Waals surface area contributed by atoms with Crippen LogP contribution in [-0.4, -0.2) is 25.1 Å². The summed E-state index contributed by atoms with van der Waals surface area (Å²) < 4.78 is 95.2. The maximum absolute atomic E-state index is 12.0. The van der Waals surface area contributed by atoms with Crippen LogP contribution >= 0.6 is 0 Å². The molecule has 0 unspecified atom stereocenters. The van der Waals surface area contributed by atoms with E-state index < -0.39 is 31.5 Å². The Balaban J connectivity index is 4.35. The third-order valence-electron chi connectivity index (χ3n) is 0.860. The average molecular weight is 232 g/mol. The predicted molar refractivity (Wildman–Crippen MR) is 27.6 cm³/mol. The number of alkyl halides is 8. The molecule has 0 radical (unpaired) electrons. The van der Waals surface area contributed by atoms with E-state index in [0.717, 1.165) is 0 Å². The fourth-order valence-electron chi connectivity index (χ4n) is 0.515. The summed E-state index contributed by atoms with van der Waals surface area (Å²) in [6.07, 6.45) is -18.3. The molecular formula is C5H4F8O. The van der Waals surface area contributed by atoms with Crippen molar-refractivity contribution in [3.05, 3.63) is 0 Å². The third-order valence-corrected chi connectivity index (χ3v) is 0.860. The molecule has 0 aromatic rings. The lowest BCUT2D eigenvalue weighted by atomic mass is 10.4. The summed E-state index contributed by atoms with van der Waals surface area (Å²) in [7, 11) is 0. The predicted octanol–water partition coefficient (Wildman–Crippen LogP) is 3.11.